The van der Waals surface area contributed by atoms with Crippen LogP contribution in [0.25, 0.3) is 44.5 Å². The Morgan fingerprint density at radius 1 is 0.257 bits per heavy atom. The van der Waals surface area contributed by atoms with Gasteiger partial charge in [-0.15, -0.1) is 0 Å². The lowest BCUT2D eigenvalue weighted by molar-refractivity contribution is 0.329. The molecule has 74 heavy (non-hydrogen) atoms. The average molecular weight is 1000 g/mol. The molecule has 0 saturated carbocycles. The van der Waals surface area contributed by atoms with Gasteiger partial charge >= 0.3 is 0 Å². The molecule has 19 heteroatoms. The van der Waals surface area contributed by atoms with Crippen molar-refractivity contribution in [3.05, 3.63) is 150 Å². The van der Waals surface area contributed by atoms with Crippen LogP contribution < -0.4 is 4.90 Å². The van der Waals surface area contributed by atoms with Gasteiger partial charge < -0.3 is 91.9 Å². The summed E-state index contributed by atoms with van der Waals surface area (Å²) in [7, 11) is 0. The van der Waals surface area contributed by atoms with Crippen molar-refractivity contribution in [2.24, 2.45) is 0 Å². The van der Waals surface area contributed by atoms with Gasteiger partial charge in [0.15, 0.2) is 69.0 Å². The van der Waals surface area contributed by atoms with E-state index in [0.717, 1.165) is 16.7 Å². The van der Waals surface area contributed by atoms with Crippen LogP contribution in [0.3, 0.4) is 0 Å². The summed E-state index contributed by atoms with van der Waals surface area (Å²) < 4.78 is 0. The highest BCUT2D eigenvalue weighted by Crippen LogP contribution is 2.69. The molecular formula is C55H39NO18. The molecule has 9 aromatic rings. The van der Waals surface area contributed by atoms with Crippen LogP contribution in [0.1, 0.15) is 22.3 Å². The zero-order valence-corrected chi connectivity index (χ0v) is 37.6. The molecule has 0 spiro atoms. The Balaban J connectivity index is 1.33. The molecule has 1 aliphatic carbocycles. The fraction of sp³-hybridized carbons (Fsp3) is 0.0182. The highest BCUT2D eigenvalue weighted by molar-refractivity contribution is 6.04. The third-order valence-electron chi connectivity index (χ3n) is 13.3. The number of benzene rings is 9. The first-order chi connectivity index (χ1) is 35.3. The Morgan fingerprint density at radius 3 is 0.919 bits per heavy atom. The molecule has 10 rings (SSSR count). The normalized spacial score (nSPS) is 12.3. The van der Waals surface area contributed by atoms with Crippen molar-refractivity contribution in [1.29, 1.82) is 0 Å². The zero-order chi connectivity index (χ0) is 53.0. The van der Waals surface area contributed by atoms with E-state index in [0.29, 0.717) is 32.7 Å². The average Bonchev–Trinajstić information content (AvgIpc) is 3.71. The molecule has 19 nitrogen and oxygen atoms in total. The molecule has 0 fully saturated rings. The lowest BCUT2D eigenvalue weighted by Gasteiger charge is -2.35. The Morgan fingerprint density at radius 2 is 0.554 bits per heavy atom. The quantitative estimate of drug-likeness (QED) is 0.0498. The van der Waals surface area contributed by atoms with Gasteiger partial charge in [-0.05, 0) is 62.7 Å². The van der Waals surface area contributed by atoms with E-state index in [1.807, 2.05) is 97.1 Å². The third kappa shape index (κ3) is 6.32. The van der Waals surface area contributed by atoms with E-state index in [1.54, 1.807) is 18.2 Å². The Labute approximate surface area is 415 Å². The molecule has 0 heterocycles. The standard InChI is InChI=1S/C55H39NO18/c57-37-31(33-41(61)49(69)53(73)50(70)42(33)62)38(58)46(66)35(45(37)65)56(36-47(67)39(59)32(40(60)48(36)68)34-43(63)51(71)54(74)52(72)44(34)64)26-17-19-28-27-18-16-23(22-10-4-1-5-11-22)20-29(27)55(30(28)21-26,24-12-6-2-7-13-24)25-14-8-3-9-15-25/h1-21,57-74H. The van der Waals surface area contributed by atoms with Gasteiger partial charge in [-0.3, -0.25) is 4.90 Å². The maximum Gasteiger partial charge on any atom is 0.208 e. The van der Waals surface area contributed by atoms with Gasteiger partial charge in [-0.1, -0.05) is 109 Å². The lowest BCUT2D eigenvalue weighted by Crippen LogP contribution is -2.28. The number of fused-ring (bicyclic) bond motifs is 3. The lowest BCUT2D eigenvalue weighted by atomic mass is 9.67. The first-order valence-electron chi connectivity index (χ1n) is 21.9. The summed E-state index contributed by atoms with van der Waals surface area (Å²) in [5.41, 5.74) is -3.65. The predicted molar refractivity (Wildman–Crippen MR) is 265 cm³/mol. The molecule has 9 aromatic carbocycles. The van der Waals surface area contributed by atoms with Gasteiger partial charge in [0.1, 0.15) is 11.4 Å². The number of nitrogens with zero attached hydrogens (tertiary/aromatic N) is 1. The van der Waals surface area contributed by atoms with Crippen molar-refractivity contribution in [3.63, 3.8) is 0 Å². The van der Waals surface area contributed by atoms with Crippen molar-refractivity contribution in [1.82, 2.24) is 0 Å². The summed E-state index contributed by atoms with van der Waals surface area (Å²) in [4.78, 5) is 0.526. The number of hydrogen-bond acceptors (Lipinski definition) is 19. The summed E-state index contributed by atoms with van der Waals surface area (Å²) >= 11 is 0. The monoisotopic (exact) mass is 1000 g/mol. The second-order valence-electron chi connectivity index (χ2n) is 17.1. The second kappa shape index (κ2) is 16.7. The molecule has 18 N–H and O–H groups in total. The number of phenolic OH excluding ortho intramolecular Hbond substituents is 18. The summed E-state index contributed by atoms with van der Waals surface area (Å²) in [6.07, 6.45) is 0. The van der Waals surface area contributed by atoms with Gasteiger partial charge in [-0.2, -0.15) is 0 Å². The van der Waals surface area contributed by atoms with Crippen LogP contribution in [-0.2, 0) is 5.41 Å². The molecular weight excluding hydrogens is 963 g/mol. The van der Waals surface area contributed by atoms with E-state index in [-0.39, 0.29) is 5.69 Å². The maximum absolute atomic E-state index is 12.1. The molecule has 0 atom stereocenters. The predicted octanol–water partition coefficient (Wildman–Crippen LogP) is 9.22. The van der Waals surface area contributed by atoms with E-state index in [9.17, 15) is 91.9 Å². The Bertz CT molecular complexity index is 3540. The van der Waals surface area contributed by atoms with Crippen LogP contribution in [0.5, 0.6) is 103 Å². The van der Waals surface area contributed by atoms with Crippen LogP contribution in [0, 0.1) is 0 Å². The van der Waals surface area contributed by atoms with Crippen LogP contribution >= 0.6 is 0 Å². The third-order valence-corrected chi connectivity index (χ3v) is 13.3. The van der Waals surface area contributed by atoms with Gasteiger partial charge in [-0.25, -0.2) is 0 Å². The molecule has 372 valence electrons. The van der Waals surface area contributed by atoms with Crippen molar-refractivity contribution in [2.75, 3.05) is 4.90 Å². The zero-order valence-electron chi connectivity index (χ0n) is 37.6. The van der Waals surface area contributed by atoms with Crippen molar-refractivity contribution in [2.45, 2.75) is 5.41 Å². The summed E-state index contributed by atoms with van der Waals surface area (Å²) in [5.74, 6) is -27.4. The van der Waals surface area contributed by atoms with E-state index < -0.39 is 143 Å². The van der Waals surface area contributed by atoms with Crippen LogP contribution in [0.4, 0.5) is 17.1 Å². The van der Waals surface area contributed by atoms with Crippen LogP contribution in [-0.4, -0.2) is 91.9 Å². The van der Waals surface area contributed by atoms with E-state index in [4.69, 9.17) is 0 Å². The van der Waals surface area contributed by atoms with Gasteiger partial charge in [0, 0.05) is 5.69 Å². The van der Waals surface area contributed by atoms with Gasteiger partial charge in [0.25, 0.3) is 0 Å². The second-order valence-corrected chi connectivity index (χ2v) is 17.1. The number of aromatic hydroxyl groups is 18. The van der Waals surface area contributed by atoms with E-state index in [1.165, 1.54) is 12.1 Å². The number of anilines is 3. The first kappa shape index (κ1) is 46.9. The summed E-state index contributed by atoms with van der Waals surface area (Å²) in [6, 6.07) is 38.0. The summed E-state index contributed by atoms with van der Waals surface area (Å²) in [5, 5.41) is 201. The molecule has 0 aromatic heterocycles. The minimum Gasteiger partial charge on any atom is -0.504 e. The molecule has 0 saturated heterocycles. The van der Waals surface area contributed by atoms with Crippen LogP contribution in [0.2, 0.25) is 0 Å². The SMILES string of the molecule is Oc1c(O)c(O)c(-c2c(O)c(O)c(N(c3ccc4c(c3)C(c3ccccc3)(c3ccccc3)c3cc(-c5ccccc5)ccc3-4)c3c(O)c(O)c(-c4c(O)c(O)c(O)c(O)c4O)c(O)c3O)c(O)c2O)c(O)c1O. The topological polar surface area (TPSA) is 367 Å². The number of phenols is 18. The highest BCUT2D eigenvalue weighted by Gasteiger charge is 2.48. The maximum atomic E-state index is 12.1. The highest BCUT2D eigenvalue weighted by atomic mass is 16.4. The smallest absolute Gasteiger partial charge is 0.208 e. The molecule has 0 amide bonds. The van der Waals surface area contributed by atoms with Gasteiger partial charge in [0.05, 0.1) is 27.7 Å². The molecule has 0 unspecified atom stereocenters. The van der Waals surface area contributed by atoms with Gasteiger partial charge in [0.2, 0.25) is 34.5 Å². The number of hydrogen-bond donors (Lipinski definition) is 18. The van der Waals surface area contributed by atoms with Crippen molar-refractivity contribution < 1.29 is 91.9 Å². The summed E-state index contributed by atoms with van der Waals surface area (Å²) in [6.45, 7) is 0. The van der Waals surface area contributed by atoms with Crippen molar-refractivity contribution >= 4 is 17.1 Å². The largest absolute Gasteiger partial charge is 0.504 e. The van der Waals surface area contributed by atoms with Crippen molar-refractivity contribution in [3.8, 4) is 148 Å². The van der Waals surface area contributed by atoms with E-state index >= 15 is 0 Å². The molecule has 0 aliphatic heterocycles. The van der Waals surface area contributed by atoms with Crippen LogP contribution in [0.15, 0.2) is 127 Å². The van der Waals surface area contributed by atoms with E-state index in [2.05, 4.69) is 0 Å². The number of rotatable bonds is 8. The molecule has 0 bridgehead atoms. The molecule has 1 aliphatic rings. The Kier molecular flexibility index (Phi) is 10.6. The fourth-order valence-electron chi connectivity index (χ4n) is 9.91. The first-order valence-corrected chi connectivity index (χ1v) is 21.9. The fourth-order valence-corrected chi connectivity index (χ4v) is 9.91. The minimum atomic E-state index is -1.57. The molecule has 0 radical (unpaired) electrons. The minimum absolute atomic E-state index is 0.346. The Hall–Kier alpha value is -10.8.